The summed E-state index contributed by atoms with van der Waals surface area (Å²) in [5.41, 5.74) is 2.82. The fourth-order valence-corrected chi connectivity index (χ4v) is 4.10. The summed E-state index contributed by atoms with van der Waals surface area (Å²) in [6, 6.07) is 5.56. The van der Waals surface area contributed by atoms with Crippen molar-refractivity contribution in [1.82, 2.24) is 19.6 Å². The van der Waals surface area contributed by atoms with Crippen molar-refractivity contribution in [3.8, 4) is 17.0 Å². The van der Waals surface area contributed by atoms with Gasteiger partial charge in [0.1, 0.15) is 18.4 Å². The number of carbonyl (C=O) groups is 2. The Morgan fingerprint density at radius 1 is 1.19 bits per heavy atom. The molecular formula is C22H24N6O4. The lowest BCUT2D eigenvalue weighted by atomic mass is 9.98. The molecule has 0 aromatic carbocycles. The van der Waals surface area contributed by atoms with E-state index in [0.29, 0.717) is 30.4 Å². The molecule has 32 heavy (non-hydrogen) atoms. The van der Waals surface area contributed by atoms with Crippen molar-refractivity contribution in [3.63, 3.8) is 0 Å². The maximum Gasteiger partial charge on any atom is 0.414 e. The van der Waals surface area contributed by atoms with Gasteiger partial charge in [0.15, 0.2) is 5.65 Å². The number of hydrogen-bond acceptors (Lipinski definition) is 7. The van der Waals surface area contributed by atoms with Gasteiger partial charge in [-0.2, -0.15) is 4.98 Å². The number of amides is 2. The van der Waals surface area contributed by atoms with Crippen LogP contribution in [0.15, 0.2) is 30.6 Å². The van der Waals surface area contributed by atoms with Crippen molar-refractivity contribution in [2.24, 2.45) is 0 Å². The van der Waals surface area contributed by atoms with Gasteiger partial charge < -0.3 is 9.47 Å². The summed E-state index contributed by atoms with van der Waals surface area (Å²) >= 11 is 0. The Bertz CT molecular complexity index is 1170. The van der Waals surface area contributed by atoms with Gasteiger partial charge in [-0.05, 0) is 43.9 Å². The van der Waals surface area contributed by atoms with Gasteiger partial charge in [-0.3, -0.25) is 15.0 Å². The van der Waals surface area contributed by atoms with Crippen LogP contribution >= 0.6 is 0 Å². The number of nitrogens with one attached hydrogen (secondary N) is 1. The zero-order valence-corrected chi connectivity index (χ0v) is 17.8. The van der Waals surface area contributed by atoms with Crippen LogP contribution in [0.2, 0.25) is 0 Å². The molecule has 1 aliphatic carbocycles. The summed E-state index contributed by atoms with van der Waals surface area (Å²) in [6.45, 7) is 2.19. The van der Waals surface area contributed by atoms with E-state index in [-0.39, 0.29) is 24.1 Å². The van der Waals surface area contributed by atoms with Crippen LogP contribution in [0.5, 0.6) is 5.88 Å². The van der Waals surface area contributed by atoms with Gasteiger partial charge in [0.05, 0.1) is 6.54 Å². The summed E-state index contributed by atoms with van der Waals surface area (Å²) in [5, 5.41) is 6.86. The first-order chi connectivity index (χ1) is 15.6. The lowest BCUT2D eigenvalue weighted by molar-refractivity contribution is -0.114. The monoisotopic (exact) mass is 436 g/mol. The first kappa shape index (κ1) is 20.2. The molecule has 166 valence electrons. The van der Waals surface area contributed by atoms with Crippen LogP contribution in [0.4, 0.5) is 16.4 Å². The molecule has 0 saturated heterocycles. The van der Waals surface area contributed by atoms with Gasteiger partial charge >= 0.3 is 6.09 Å². The Labute approximate surface area is 184 Å². The van der Waals surface area contributed by atoms with Crippen molar-refractivity contribution >= 4 is 29.3 Å². The van der Waals surface area contributed by atoms with Crippen LogP contribution in [0.1, 0.15) is 39.0 Å². The molecule has 10 nitrogen and oxygen atoms in total. The third-order valence-corrected chi connectivity index (χ3v) is 5.67. The zero-order valence-electron chi connectivity index (χ0n) is 17.8. The molecule has 2 amide bonds. The molecule has 3 aromatic rings. The van der Waals surface area contributed by atoms with Crippen LogP contribution in [0.25, 0.3) is 16.8 Å². The van der Waals surface area contributed by atoms with E-state index in [0.717, 1.165) is 36.8 Å². The molecule has 1 N–H and O–H groups in total. The maximum absolute atomic E-state index is 12.9. The molecule has 0 spiro atoms. The predicted molar refractivity (Wildman–Crippen MR) is 117 cm³/mol. The number of carbonyl (C=O) groups excluding carboxylic acids is 2. The van der Waals surface area contributed by atoms with Crippen LogP contribution in [-0.4, -0.2) is 50.8 Å². The minimum atomic E-state index is -0.355. The van der Waals surface area contributed by atoms with Gasteiger partial charge in [-0.1, -0.05) is 6.42 Å². The summed E-state index contributed by atoms with van der Waals surface area (Å²) in [4.78, 5) is 34.5. The second-order valence-electron chi connectivity index (χ2n) is 8.03. The van der Waals surface area contributed by atoms with Crippen LogP contribution in [0, 0.1) is 0 Å². The molecule has 0 bridgehead atoms. The molecular weight excluding hydrogens is 412 g/mol. The summed E-state index contributed by atoms with van der Waals surface area (Å²) in [6.07, 6.45) is 8.34. The third-order valence-electron chi connectivity index (χ3n) is 5.67. The van der Waals surface area contributed by atoms with E-state index >= 15 is 0 Å². The molecule has 1 saturated carbocycles. The van der Waals surface area contributed by atoms with Crippen LogP contribution < -0.4 is 15.0 Å². The van der Waals surface area contributed by atoms with E-state index in [1.165, 1.54) is 13.3 Å². The average molecular weight is 436 g/mol. The summed E-state index contributed by atoms with van der Waals surface area (Å²) in [5.74, 6) is 0.416. The van der Waals surface area contributed by atoms with E-state index in [1.807, 2.05) is 12.1 Å². The van der Waals surface area contributed by atoms with Gasteiger partial charge in [0.25, 0.3) is 0 Å². The number of nitrogens with zero attached hydrogens (tertiary/aromatic N) is 5. The molecule has 2 aliphatic rings. The second-order valence-corrected chi connectivity index (χ2v) is 8.03. The largest absolute Gasteiger partial charge is 0.474 e. The lowest BCUT2D eigenvalue weighted by Gasteiger charge is -2.31. The Morgan fingerprint density at radius 3 is 2.84 bits per heavy atom. The van der Waals surface area contributed by atoms with Crippen LogP contribution in [0.3, 0.4) is 0 Å². The van der Waals surface area contributed by atoms with Crippen molar-refractivity contribution in [2.45, 2.75) is 45.1 Å². The van der Waals surface area contributed by atoms with E-state index in [9.17, 15) is 9.59 Å². The van der Waals surface area contributed by atoms with Gasteiger partial charge in [-0.25, -0.2) is 14.3 Å². The quantitative estimate of drug-likeness (QED) is 0.670. The highest BCUT2D eigenvalue weighted by Crippen LogP contribution is 2.34. The zero-order chi connectivity index (χ0) is 22.1. The predicted octanol–water partition coefficient (Wildman–Crippen LogP) is 3.42. The molecule has 0 unspecified atom stereocenters. The number of fused-ring (bicyclic) bond motifs is 2. The first-order valence-corrected chi connectivity index (χ1v) is 10.8. The van der Waals surface area contributed by atoms with Crippen LogP contribution in [-0.2, 0) is 9.53 Å². The highest BCUT2D eigenvalue weighted by molar-refractivity contribution is 5.91. The smallest absolute Gasteiger partial charge is 0.414 e. The van der Waals surface area contributed by atoms with Crippen molar-refractivity contribution in [3.05, 3.63) is 30.6 Å². The summed E-state index contributed by atoms with van der Waals surface area (Å²) in [7, 11) is 0. The topological polar surface area (TPSA) is 111 Å². The first-order valence-electron chi connectivity index (χ1n) is 10.8. The third kappa shape index (κ3) is 4.08. The maximum atomic E-state index is 12.9. The van der Waals surface area contributed by atoms with E-state index < -0.39 is 0 Å². The Balaban J connectivity index is 1.42. The number of hydrogen-bond donors (Lipinski definition) is 1. The lowest BCUT2D eigenvalue weighted by Crippen LogP contribution is -2.40. The number of rotatable bonds is 3. The molecule has 0 atom stereocenters. The number of aromatic nitrogens is 4. The fourth-order valence-electron chi connectivity index (χ4n) is 4.10. The second kappa shape index (κ2) is 8.45. The molecule has 5 rings (SSSR count). The highest BCUT2D eigenvalue weighted by Gasteiger charge is 2.29. The normalized spacial score (nSPS) is 16.3. The Hall–Kier alpha value is -3.69. The molecule has 0 radical (unpaired) electrons. The Morgan fingerprint density at radius 2 is 2.03 bits per heavy atom. The van der Waals surface area contributed by atoms with Gasteiger partial charge in [0.2, 0.25) is 17.7 Å². The number of anilines is 2. The minimum absolute atomic E-state index is 0.0220. The van der Waals surface area contributed by atoms with Gasteiger partial charge in [-0.15, -0.1) is 5.10 Å². The van der Waals surface area contributed by atoms with E-state index in [4.69, 9.17) is 9.47 Å². The van der Waals surface area contributed by atoms with Gasteiger partial charge in [0, 0.05) is 30.4 Å². The SMILES string of the molecule is CC(=O)Nc1nc2ccc(-c3cnc4c(c3)N(C(=O)OC3CCCCC3)CCO4)cn2n1. The molecule has 10 heteroatoms. The number of pyridine rings is 2. The Kier molecular flexibility index (Phi) is 5.34. The average Bonchev–Trinajstić information content (AvgIpc) is 3.19. The summed E-state index contributed by atoms with van der Waals surface area (Å²) < 4.78 is 13.0. The standard InChI is InChI=1S/C22H24N6O4/c1-14(29)24-21-25-19-8-7-15(13-28(19)26-21)16-11-18-20(23-12-16)31-10-9-27(18)22(30)32-17-5-3-2-4-6-17/h7-8,11-13,17H,2-6,9-10H2,1H3,(H,24,26,29). The highest BCUT2D eigenvalue weighted by atomic mass is 16.6. The molecule has 3 aromatic heterocycles. The van der Waals surface area contributed by atoms with Crippen molar-refractivity contribution in [1.29, 1.82) is 0 Å². The minimum Gasteiger partial charge on any atom is -0.474 e. The van der Waals surface area contributed by atoms with E-state index in [1.54, 1.807) is 27.9 Å². The number of ether oxygens (including phenoxy) is 2. The fraction of sp³-hybridized carbons (Fsp3) is 0.409. The van der Waals surface area contributed by atoms with Crippen molar-refractivity contribution in [2.75, 3.05) is 23.4 Å². The molecule has 4 heterocycles. The molecule has 1 fully saturated rings. The van der Waals surface area contributed by atoms with E-state index in [2.05, 4.69) is 20.4 Å². The molecule has 1 aliphatic heterocycles. The van der Waals surface area contributed by atoms with Crippen molar-refractivity contribution < 1.29 is 19.1 Å².